The van der Waals surface area contributed by atoms with Crippen LogP contribution in [0.4, 0.5) is 0 Å². The van der Waals surface area contributed by atoms with Gasteiger partial charge in [0.2, 0.25) is 0 Å². The van der Waals surface area contributed by atoms with Gasteiger partial charge in [-0.3, -0.25) is 9.59 Å². The van der Waals surface area contributed by atoms with Gasteiger partial charge in [-0.05, 0) is 21.0 Å². The summed E-state index contributed by atoms with van der Waals surface area (Å²) in [6.45, 7) is 10.7. The van der Waals surface area contributed by atoms with Gasteiger partial charge in [0.1, 0.15) is 11.6 Å². The summed E-state index contributed by atoms with van der Waals surface area (Å²) in [6.07, 6.45) is -0.147. The molecule has 0 aromatic rings. The Balaban J connectivity index is 4.21. The Kier molecular flexibility index (Phi) is 7.45. The molecule has 0 amide bonds. The summed E-state index contributed by atoms with van der Waals surface area (Å²) in [5.41, 5.74) is -0.454. The van der Waals surface area contributed by atoms with E-state index in [-0.39, 0.29) is 30.0 Å². The number of rotatable bonds is 8. The van der Waals surface area contributed by atoms with E-state index in [4.69, 9.17) is 4.74 Å². The highest BCUT2D eigenvalue weighted by atomic mass is 16.5. The van der Waals surface area contributed by atoms with Crippen LogP contribution >= 0.6 is 0 Å². The summed E-state index contributed by atoms with van der Waals surface area (Å²) in [5, 5.41) is 0. The second-order valence-electron chi connectivity index (χ2n) is 6.48. The van der Waals surface area contributed by atoms with Gasteiger partial charge in [-0.25, -0.2) is 0 Å². The van der Waals surface area contributed by atoms with Gasteiger partial charge in [-0.2, -0.15) is 0 Å². The number of likely N-dealkylation sites (N-methyl/N-ethyl adjacent to an activating group) is 1. The Morgan fingerprint density at radius 2 is 1.68 bits per heavy atom. The zero-order valence-electron chi connectivity index (χ0n) is 13.4. The van der Waals surface area contributed by atoms with Crippen molar-refractivity contribution in [2.75, 3.05) is 27.2 Å². The zero-order chi connectivity index (χ0) is 15.2. The molecule has 0 rings (SSSR count). The Morgan fingerprint density at radius 1 is 1.16 bits per heavy atom. The second-order valence-corrected chi connectivity index (χ2v) is 6.48. The lowest BCUT2D eigenvalue weighted by molar-refractivity contribution is -0.135. The van der Waals surface area contributed by atoms with E-state index in [0.717, 1.165) is 6.54 Å². The number of carbonyl (C=O) groups is 2. The van der Waals surface area contributed by atoms with Gasteiger partial charge < -0.3 is 9.64 Å². The predicted molar refractivity (Wildman–Crippen MR) is 77.2 cm³/mol. The number of carbonyl (C=O) groups excluding carboxylic acids is 2. The number of ether oxygens (including phenoxy) is 1. The molecule has 0 aromatic carbocycles. The third-order valence-corrected chi connectivity index (χ3v) is 3.30. The van der Waals surface area contributed by atoms with E-state index < -0.39 is 5.41 Å². The van der Waals surface area contributed by atoms with Crippen molar-refractivity contribution in [1.29, 1.82) is 0 Å². The van der Waals surface area contributed by atoms with Crippen molar-refractivity contribution in [3.63, 3.8) is 0 Å². The van der Waals surface area contributed by atoms with E-state index in [9.17, 15) is 9.59 Å². The lowest BCUT2D eigenvalue weighted by Gasteiger charge is -2.22. The molecule has 0 N–H and O–H groups in total. The van der Waals surface area contributed by atoms with Gasteiger partial charge >= 0.3 is 0 Å². The summed E-state index contributed by atoms with van der Waals surface area (Å²) in [4.78, 5) is 25.9. The molecular weight excluding hydrogens is 242 g/mol. The van der Waals surface area contributed by atoms with Gasteiger partial charge in [-0.15, -0.1) is 0 Å². The first-order chi connectivity index (χ1) is 8.55. The molecule has 2 atom stereocenters. The van der Waals surface area contributed by atoms with E-state index in [1.807, 2.05) is 53.6 Å². The maximum atomic E-state index is 12.0. The summed E-state index contributed by atoms with van der Waals surface area (Å²) in [7, 11) is 3.95. The zero-order valence-corrected chi connectivity index (χ0v) is 13.4. The highest BCUT2D eigenvalue weighted by Gasteiger charge is 2.28. The molecular formula is C15H29NO3. The number of ketones is 2. The smallest absolute Gasteiger partial charge is 0.145 e. The molecule has 0 aromatic heterocycles. The van der Waals surface area contributed by atoms with Crippen molar-refractivity contribution < 1.29 is 14.3 Å². The monoisotopic (exact) mass is 271 g/mol. The molecule has 4 heteroatoms. The van der Waals surface area contributed by atoms with Gasteiger partial charge in [-0.1, -0.05) is 27.7 Å². The molecule has 0 saturated carbocycles. The molecule has 0 spiro atoms. The fourth-order valence-electron chi connectivity index (χ4n) is 1.41. The highest BCUT2D eigenvalue weighted by molar-refractivity contribution is 6.02. The second kappa shape index (κ2) is 7.75. The molecule has 0 radical (unpaired) electrons. The first kappa shape index (κ1) is 18.3. The van der Waals surface area contributed by atoms with E-state index >= 15 is 0 Å². The van der Waals surface area contributed by atoms with Gasteiger partial charge in [0.05, 0.1) is 19.1 Å². The van der Waals surface area contributed by atoms with Gasteiger partial charge in [0, 0.05) is 17.9 Å². The maximum Gasteiger partial charge on any atom is 0.145 e. The average Bonchev–Trinajstić information content (AvgIpc) is 2.25. The van der Waals surface area contributed by atoms with Crippen molar-refractivity contribution in [2.24, 2.45) is 11.3 Å². The first-order valence-corrected chi connectivity index (χ1v) is 6.88. The quantitative estimate of drug-likeness (QED) is 0.635. The fourth-order valence-corrected chi connectivity index (χ4v) is 1.41. The van der Waals surface area contributed by atoms with E-state index in [1.54, 1.807) is 0 Å². The molecule has 0 heterocycles. The van der Waals surface area contributed by atoms with E-state index in [0.29, 0.717) is 6.61 Å². The SMILES string of the molecule is CC(OCCN(C)C)C(C)C(=O)CC(=O)C(C)(C)C. The molecule has 0 saturated heterocycles. The van der Waals surface area contributed by atoms with Crippen LogP contribution < -0.4 is 0 Å². The van der Waals surface area contributed by atoms with Gasteiger partial charge in [0.25, 0.3) is 0 Å². The summed E-state index contributed by atoms with van der Waals surface area (Å²) < 4.78 is 5.63. The van der Waals surface area contributed by atoms with Crippen LogP contribution in [0.3, 0.4) is 0 Å². The lowest BCUT2D eigenvalue weighted by atomic mass is 9.85. The van der Waals surface area contributed by atoms with Crippen molar-refractivity contribution in [3.05, 3.63) is 0 Å². The summed E-state index contributed by atoms with van der Waals surface area (Å²) >= 11 is 0. The van der Waals surface area contributed by atoms with Crippen LogP contribution in [0.1, 0.15) is 41.0 Å². The van der Waals surface area contributed by atoms with Crippen molar-refractivity contribution in [2.45, 2.75) is 47.1 Å². The summed E-state index contributed by atoms with van der Waals surface area (Å²) in [6, 6.07) is 0. The number of hydrogen-bond donors (Lipinski definition) is 0. The van der Waals surface area contributed by atoms with Crippen LogP contribution in [0.15, 0.2) is 0 Å². The minimum absolute atomic E-state index is 0.00600. The Labute approximate surface area is 117 Å². The minimum atomic E-state index is -0.454. The average molecular weight is 271 g/mol. The standard InChI is InChI=1S/C15H29NO3/c1-11(12(2)19-9-8-16(6)7)13(17)10-14(18)15(3,4)5/h11-12H,8-10H2,1-7H3. The molecule has 0 bridgehead atoms. The van der Waals surface area contributed by atoms with E-state index in [1.165, 1.54) is 0 Å². The van der Waals surface area contributed by atoms with Crippen LogP contribution in [-0.2, 0) is 14.3 Å². The van der Waals surface area contributed by atoms with Crippen LogP contribution in [0.5, 0.6) is 0 Å². The minimum Gasteiger partial charge on any atom is -0.376 e. The Morgan fingerprint density at radius 3 is 2.11 bits per heavy atom. The van der Waals surface area contributed by atoms with Crippen LogP contribution in [0.2, 0.25) is 0 Å². The molecule has 4 nitrogen and oxygen atoms in total. The van der Waals surface area contributed by atoms with Crippen molar-refractivity contribution in [3.8, 4) is 0 Å². The van der Waals surface area contributed by atoms with Crippen LogP contribution in [-0.4, -0.2) is 49.8 Å². The number of hydrogen-bond acceptors (Lipinski definition) is 4. The molecule has 0 aliphatic rings. The normalized spacial score (nSPS) is 15.4. The lowest BCUT2D eigenvalue weighted by Crippen LogP contribution is -2.32. The van der Waals surface area contributed by atoms with Crippen LogP contribution in [0.25, 0.3) is 0 Å². The van der Waals surface area contributed by atoms with Crippen LogP contribution in [0, 0.1) is 11.3 Å². The number of Topliss-reactive ketones (excluding diaryl/α,β-unsaturated/α-hetero) is 2. The third-order valence-electron chi connectivity index (χ3n) is 3.30. The predicted octanol–water partition coefficient (Wildman–Crippen LogP) is 2.16. The maximum absolute atomic E-state index is 12.0. The fraction of sp³-hybridized carbons (Fsp3) is 0.867. The third kappa shape index (κ3) is 7.43. The first-order valence-electron chi connectivity index (χ1n) is 6.88. The van der Waals surface area contributed by atoms with E-state index in [2.05, 4.69) is 0 Å². The molecule has 0 aliphatic heterocycles. The molecule has 0 fully saturated rings. The molecule has 19 heavy (non-hydrogen) atoms. The number of nitrogens with zero attached hydrogens (tertiary/aromatic N) is 1. The topological polar surface area (TPSA) is 46.6 Å². The van der Waals surface area contributed by atoms with Crippen molar-refractivity contribution >= 4 is 11.6 Å². The molecule has 2 unspecified atom stereocenters. The van der Waals surface area contributed by atoms with Crippen molar-refractivity contribution in [1.82, 2.24) is 4.90 Å². The summed E-state index contributed by atoms with van der Waals surface area (Å²) in [5.74, 6) is -0.282. The van der Waals surface area contributed by atoms with Gasteiger partial charge in [0.15, 0.2) is 0 Å². The molecule has 0 aliphatic carbocycles. The molecule has 112 valence electrons. The largest absolute Gasteiger partial charge is 0.376 e. The Bertz CT molecular complexity index is 305. The Hall–Kier alpha value is -0.740. The highest BCUT2D eigenvalue weighted by Crippen LogP contribution is 2.19.